The van der Waals surface area contributed by atoms with Crippen LogP contribution in [0, 0.1) is 11.8 Å². The van der Waals surface area contributed by atoms with Gasteiger partial charge in [-0.15, -0.1) is 0 Å². The maximum Gasteiger partial charge on any atom is 0.513 e. The lowest BCUT2D eigenvalue weighted by Crippen LogP contribution is -2.34. The summed E-state index contributed by atoms with van der Waals surface area (Å²) >= 11 is 0. The summed E-state index contributed by atoms with van der Waals surface area (Å²) in [6.07, 6.45) is 3.40. The maximum atomic E-state index is 12.3. The molecular formula is C33H54O10. The number of benzene rings is 1. The number of rotatable bonds is 18. The van der Waals surface area contributed by atoms with Gasteiger partial charge >= 0.3 is 24.2 Å². The lowest BCUT2D eigenvalue weighted by Gasteiger charge is -2.25. The number of hydrogen-bond donors (Lipinski definition) is 0. The van der Waals surface area contributed by atoms with Crippen LogP contribution in [0.5, 0.6) is 5.75 Å². The maximum absolute atomic E-state index is 12.3. The Morgan fingerprint density at radius 2 is 1.33 bits per heavy atom. The Bertz CT molecular complexity index is 930. The molecule has 10 nitrogen and oxygen atoms in total. The molecule has 0 fully saturated rings. The van der Waals surface area contributed by atoms with E-state index in [1.807, 2.05) is 33.8 Å². The highest BCUT2D eigenvalue weighted by Crippen LogP contribution is 2.32. The first-order chi connectivity index (χ1) is 20.6. The first-order valence-corrected chi connectivity index (χ1v) is 15.7. The lowest BCUT2D eigenvalue weighted by atomic mass is 9.89. The number of ether oxygens (including phenoxy) is 6. The second-order valence-electron chi connectivity index (χ2n) is 10.3. The molecule has 3 atom stereocenters. The highest BCUT2D eigenvalue weighted by Gasteiger charge is 2.32. The zero-order chi connectivity index (χ0) is 32.6. The Hall–Kier alpha value is -3.30. The van der Waals surface area contributed by atoms with Crippen LogP contribution in [0.2, 0.25) is 0 Å². The highest BCUT2D eigenvalue weighted by molar-refractivity contribution is 5.80. The molecule has 1 aromatic carbocycles. The van der Waals surface area contributed by atoms with Gasteiger partial charge in [0.2, 0.25) is 0 Å². The first kappa shape index (κ1) is 39.7. The molecule has 1 aromatic rings. The van der Waals surface area contributed by atoms with Crippen molar-refractivity contribution < 1.29 is 47.6 Å². The van der Waals surface area contributed by atoms with E-state index < -0.39 is 30.3 Å². The highest BCUT2D eigenvalue weighted by atomic mass is 16.7. The molecule has 0 aromatic heterocycles. The van der Waals surface area contributed by atoms with Gasteiger partial charge in [0.05, 0.1) is 38.3 Å². The SMILES string of the molecule is CCCCC(OC(=O)OCC)C(CCC)C(=O)OCC.CCCOC(=O)Oc1ccccc1C(CC(C)C)C(=O)OCC. The van der Waals surface area contributed by atoms with Crippen molar-refractivity contribution in [2.45, 2.75) is 112 Å². The molecule has 1 rings (SSSR count). The van der Waals surface area contributed by atoms with Gasteiger partial charge in [-0.1, -0.05) is 72.1 Å². The Morgan fingerprint density at radius 3 is 1.88 bits per heavy atom. The van der Waals surface area contributed by atoms with E-state index in [-0.39, 0.29) is 18.5 Å². The fourth-order valence-electron chi connectivity index (χ4n) is 4.27. The summed E-state index contributed by atoms with van der Waals surface area (Å²) in [4.78, 5) is 47.5. The van der Waals surface area contributed by atoms with E-state index in [9.17, 15) is 19.2 Å². The van der Waals surface area contributed by atoms with Crippen LogP contribution in [0.3, 0.4) is 0 Å². The summed E-state index contributed by atoms with van der Waals surface area (Å²) in [5, 5.41) is 0. The molecule has 0 saturated heterocycles. The largest absolute Gasteiger partial charge is 0.513 e. The van der Waals surface area contributed by atoms with Crippen LogP contribution in [0.4, 0.5) is 9.59 Å². The molecule has 10 heteroatoms. The average molecular weight is 611 g/mol. The van der Waals surface area contributed by atoms with Gasteiger partial charge in [-0.3, -0.25) is 9.59 Å². The summed E-state index contributed by atoms with van der Waals surface area (Å²) in [6, 6.07) is 7.01. The van der Waals surface area contributed by atoms with Crippen molar-refractivity contribution in [3.8, 4) is 5.75 Å². The van der Waals surface area contributed by atoms with Crippen LogP contribution in [-0.4, -0.2) is 56.8 Å². The molecule has 0 aliphatic rings. The van der Waals surface area contributed by atoms with Gasteiger partial charge in [0, 0.05) is 5.56 Å². The Morgan fingerprint density at radius 1 is 0.698 bits per heavy atom. The second-order valence-corrected chi connectivity index (χ2v) is 10.3. The van der Waals surface area contributed by atoms with Gasteiger partial charge in [-0.2, -0.15) is 0 Å². The Balaban J connectivity index is 0.000000830. The fourth-order valence-corrected chi connectivity index (χ4v) is 4.27. The molecule has 0 amide bonds. The topological polar surface area (TPSA) is 124 Å². The van der Waals surface area contributed by atoms with Gasteiger partial charge in [0.15, 0.2) is 0 Å². The normalized spacial score (nSPS) is 12.6. The minimum atomic E-state index is -0.758. The van der Waals surface area contributed by atoms with Crippen molar-refractivity contribution in [1.82, 2.24) is 0 Å². The summed E-state index contributed by atoms with van der Waals surface area (Å²) in [7, 11) is 0. The fraction of sp³-hybridized carbons (Fsp3) is 0.697. The van der Waals surface area contributed by atoms with Gasteiger partial charge < -0.3 is 28.4 Å². The zero-order valence-corrected chi connectivity index (χ0v) is 27.5. The molecule has 0 radical (unpaired) electrons. The lowest BCUT2D eigenvalue weighted by molar-refractivity contribution is -0.153. The summed E-state index contributed by atoms with van der Waals surface area (Å²) in [5.74, 6) is -0.836. The summed E-state index contributed by atoms with van der Waals surface area (Å²) in [5.41, 5.74) is 0.646. The first-order valence-electron chi connectivity index (χ1n) is 15.7. The quantitative estimate of drug-likeness (QED) is 0.0917. The van der Waals surface area contributed by atoms with E-state index in [0.717, 1.165) is 25.7 Å². The monoisotopic (exact) mass is 610 g/mol. The standard InChI is InChI=1S/C18H26O5.C15H28O5/c1-5-11-22-18(20)23-16-10-8-7-9-14(16)15(12-13(3)4)17(19)21-6-2;1-5-9-11-13(20-15(17)19-8-4)12(10-6-2)14(16)18-7-3/h7-10,13,15H,5-6,11-12H2,1-4H3;12-13H,5-11H2,1-4H3. The number of esters is 2. The summed E-state index contributed by atoms with van der Waals surface area (Å²) < 4.78 is 30.6. The van der Waals surface area contributed by atoms with Crippen LogP contribution in [0.1, 0.15) is 112 Å². The minimum absolute atomic E-state index is 0.261. The number of carbonyl (C=O) groups excluding carboxylic acids is 4. The average Bonchev–Trinajstić information content (AvgIpc) is 2.97. The molecule has 43 heavy (non-hydrogen) atoms. The van der Waals surface area contributed by atoms with Gasteiger partial charge in [0.1, 0.15) is 11.9 Å². The molecule has 0 saturated carbocycles. The van der Waals surface area contributed by atoms with E-state index in [4.69, 9.17) is 28.4 Å². The van der Waals surface area contributed by atoms with E-state index in [1.165, 1.54) is 0 Å². The molecule has 0 aliphatic heterocycles. The van der Waals surface area contributed by atoms with Crippen molar-refractivity contribution >= 4 is 24.2 Å². The molecule has 0 spiro atoms. The van der Waals surface area contributed by atoms with E-state index in [0.29, 0.717) is 56.3 Å². The van der Waals surface area contributed by atoms with E-state index >= 15 is 0 Å². The zero-order valence-electron chi connectivity index (χ0n) is 27.5. The Labute approximate surface area is 258 Å². The van der Waals surface area contributed by atoms with E-state index in [2.05, 4.69) is 6.92 Å². The van der Waals surface area contributed by atoms with E-state index in [1.54, 1.807) is 39.0 Å². The van der Waals surface area contributed by atoms with Crippen molar-refractivity contribution in [2.24, 2.45) is 11.8 Å². The van der Waals surface area contributed by atoms with Crippen molar-refractivity contribution in [1.29, 1.82) is 0 Å². The van der Waals surface area contributed by atoms with Crippen molar-refractivity contribution in [3.63, 3.8) is 0 Å². The van der Waals surface area contributed by atoms with Crippen molar-refractivity contribution in [3.05, 3.63) is 29.8 Å². The third kappa shape index (κ3) is 16.8. The smallest absolute Gasteiger partial charge is 0.466 e. The predicted molar refractivity (Wildman–Crippen MR) is 164 cm³/mol. The third-order valence-corrected chi connectivity index (χ3v) is 6.18. The number of hydrogen-bond acceptors (Lipinski definition) is 10. The van der Waals surface area contributed by atoms with Crippen LogP contribution < -0.4 is 4.74 Å². The van der Waals surface area contributed by atoms with Gasteiger partial charge in [-0.05, 0) is 58.4 Å². The van der Waals surface area contributed by atoms with Crippen molar-refractivity contribution in [2.75, 3.05) is 26.4 Å². The number of unbranched alkanes of at least 4 members (excludes halogenated alkanes) is 1. The molecule has 246 valence electrons. The summed E-state index contributed by atoms with van der Waals surface area (Å²) in [6.45, 7) is 16.5. The molecule has 0 heterocycles. The predicted octanol–water partition coefficient (Wildman–Crippen LogP) is 8.00. The number of para-hydroxylation sites is 1. The van der Waals surface area contributed by atoms with Crippen LogP contribution >= 0.6 is 0 Å². The van der Waals surface area contributed by atoms with Gasteiger partial charge in [0.25, 0.3) is 0 Å². The minimum Gasteiger partial charge on any atom is -0.466 e. The van der Waals surface area contributed by atoms with Crippen LogP contribution in [-0.2, 0) is 33.3 Å². The molecule has 3 unspecified atom stereocenters. The third-order valence-electron chi connectivity index (χ3n) is 6.18. The van der Waals surface area contributed by atoms with Gasteiger partial charge in [-0.25, -0.2) is 9.59 Å². The second kappa shape index (κ2) is 24.2. The molecule has 0 N–H and O–H groups in total. The molecule has 0 bridgehead atoms. The molecule has 0 aliphatic carbocycles. The van der Waals surface area contributed by atoms with Crippen LogP contribution in [0.25, 0.3) is 0 Å². The van der Waals surface area contributed by atoms with Crippen LogP contribution in [0.15, 0.2) is 24.3 Å². The number of carbonyl (C=O) groups is 4. The Kier molecular flexibility index (Phi) is 22.3. The molecular weight excluding hydrogens is 556 g/mol.